The first-order valence-electron chi connectivity index (χ1n) is 6.74. The van der Waals surface area contributed by atoms with Gasteiger partial charge in [-0.25, -0.2) is 0 Å². The van der Waals surface area contributed by atoms with Gasteiger partial charge in [0.1, 0.15) is 0 Å². The van der Waals surface area contributed by atoms with Gasteiger partial charge in [0.25, 0.3) is 0 Å². The number of carbonyl (C=O) groups is 1. The van der Waals surface area contributed by atoms with Gasteiger partial charge in [-0.3, -0.25) is 0 Å². The second-order valence-electron chi connectivity index (χ2n) is 4.82. The second kappa shape index (κ2) is 6.24. The zero-order valence-electron chi connectivity index (χ0n) is 12.5. The molecule has 2 aromatic heterocycles. The van der Waals surface area contributed by atoms with Gasteiger partial charge in [0.05, 0.1) is 0 Å². The predicted octanol–water partition coefficient (Wildman–Crippen LogP) is 3.34. The fraction of sp³-hybridized carbons (Fsp3) is 0.250. The van der Waals surface area contributed by atoms with E-state index in [1.807, 2.05) is 38.2 Å². The second-order valence-corrected chi connectivity index (χ2v) is 8.77. The van der Waals surface area contributed by atoms with E-state index in [4.69, 9.17) is 9.47 Å². The number of esters is 1. The third kappa shape index (κ3) is 2.95. The molecule has 0 N–H and O–H groups in total. The topological polar surface area (TPSA) is 48.4 Å². The molecule has 0 saturated heterocycles. The molecule has 0 atom stereocenters. The summed E-state index contributed by atoms with van der Waals surface area (Å²) in [7, 11) is 1.42. The molecule has 0 spiro atoms. The summed E-state index contributed by atoms with van der Waals surface area (Å²) in [5.74, 6) is 0.491. The number of aromatic nitrogens is 1. The Labute approximate surface area is 138 Å². The van der Waals surface area contributed by atoms with Gasteiger partial charge in [0.15, 0.2) is 0 Å². The van der Waals surface area contributed by atoms with Crippen LogP contribution in [0.5, 0.6) is 5.75 Å². The molecule has 2 heterocycles. The van der Waals surface area contributed by atoms with Crippen LogP contribution in [0.15, 0.2) is 24.4 Å². The van der Waals surface area contributed by atoms with E-state index in [2.05, 4.69) is 4.98 Å². The molecule has 3 rings (SSSR count). The van der Waals surface area contributed by atoms with Crippen LogP contribution in [0.4, 0.5) is 0 Å². The van der Waals surface area contributed by atoms with E-state index in [-0.39, 0.29) is 20.5 Å². The fourth-order valence-corrected chi connectivity index (χ4v) is 5.14. The molecule has 0 fully saturated rings. The van der Waals surface area contributed by atoms with Crippen LogP contribution in [0, 0.1) is 13.8 Å². The van der Waals surface area contributed by atoms with Crippen LogP contribution in [0.1, 0.15) is 24.7 Å². The van der Waals surface area contributed by atoms with Crippen molar-refractivity contribution in [2.75, 3.05) is 7.11 Å². The number of methoxy groups -OCH3 is 1. The zero-order chi connectivity index (χ0) is 15.7. The summed E-state index contributed by atoms with van der Waals surface area (Å²) in [4.78, 5) is 17.3. The minimum absolute atomic E-state index is 0.187. The molecule has 0 amide bonds. The number of rotatable bonds is 4. The number of thiazole rings is 1. The number of ether oxygens (including phenoxy) is 2. The molecule has 1 aromatic carbocycles. The maximum atomic E-state index is 12.0. The Morgan fingerprint density at radius 2 is 2.18 bits per heavy atom. The van der Waals surface area contributed by atoms with Crippen LogP contribution in [0.3, 0.4) is 0 Å². The van der Waals surface area contributed by atoms with Gasteiger partial charge in [-0.15, -0.1) is 0 Å². The number of nitrogens with zero attached hydrogens (tertiary/aromatic N) is 1. The Kier molecular flexibility index (Phi) is 4.34. The van der Waals surface area contributed by atoms with Gasteiger partial charge in [0, 0.05) is 0 Å². The Morgan fingerprint density at radius 1 is 1.36 bits per heavy atom. The monoisotopic (exact) mass is 381 g/mol. The van der Waals surface area contributed by atoms with Crippen molar-refractivity contribution < 1.29 is 14.3 Å². The van der Waals surface area contributed by atoms with Crippen molar-refractivity contribution in [2.45, 2.75) is 20.5 Å². The van der Waals surface area contributed by atoms with Crippen LogP contribution < -0.4 is 4.74 Å². The first-order chi connectivity index (χ1) is 10.6. The normalized spacial score (nSPS) is 10.9. The maximum absolute atomic E-state index is 12.0. The number of aryl methyl sites for hydroxylation is 2. The molecule has 114 valence electrons. The molecule has 0 aliphatic heterocycles. The van der Waals surface area contributed by atoms with Crippen LogP contribution in [0.2, 0.25) is 0 Å². The Balaban J connectivity index is 1.89. The van der Waals surface area contributed by atoms with Crippen LogP contribution >= 0.6 is 11.3 Å². The van der Waals surface area contributed by atoms with E-state index in [1.165, 1.54) is 11.4 Å². The van der Waals surface area contributed by atoms with Crippen molar-refractivity contribution in [2.24, 2.45) is 0 Å². The van der Waals surface area contributed by atoms with E-state index in [0.29, 0.717) is 12.2 Å². The first-order valence-corrected chi connectivity index (χ1v) is 9.27. The molecule has 0 bridgehead atoms. The molecule has 0 saturated carbocycles. The van der Waals surface area contributed by atoms with Crippen molar-refractivity contribution in [3.8, 4) is 5.75 Å². The van der Waals surface area contributed by atoms with E-state index >= 15 is 0 Å². The van der Waals surface area contributed by atoms with Crippen molar-refractivity contribution in [3.05, 3.63) is 44.3 Å². The summed E-state index contributed by atoms with van der Waals surface area (Å²) in [5, 5.41) is 1.98. The number of benzene rings is 1. The molecule has 0 aliphatic rings. The van der Waals surface area contributed by atoms with Gasteiger partial charge < -0.3 is 0 Å². The van der Waals surface area contributed by atoms with Gasteiger partial charge in [-0.05, 0) is 0 Å². The zero-order valence-corrected chi connectivity index (χ0v) is 15.0. The van der Waals surface area contributed by atoms with Crippen LogP contribution in [0.25, 0.3) is 9.65 Å². The first kappa shape index (κ1) is 15.3. The quantitative estimate of drug-likeness (QED) is 0.515. The predicted molar refractivity (Wildman–Crippen MR) is 88.1 cm³/mol. The molecule has 6 heteroatoms. The number of fused-ring (bicyclic) bond motifs is 1. The molecule has 22 heavy (non-hydrogen) atoms. The van der Waals surface area contributed by atoms with Gasteiger partial charge in [-0.1, -0.05) is 0 Å². The van der Waals surface area contributed by atoms with E-state index in [1.54, 1.807) is 11.3 Å². The summed E-state index contributed by atoms with van der Waals surface area (Å²) >= 11 is 1.81. The van der Waals surface area contributed by atoms with Gasteiger partial charge in [-0.2, -0.15) is 0 Å². The number of hydrogen-bond acceptors (Lipinski definition) is 5. The third-order valence-corrected chi connectivity index (χ3v) is 6.44. The van der Waals surface area contributed by atoms with Crippen LogP contribution in [-0.4, -0.2) is 32.6 Å². The average Bonchev–Trinajstić information content (AvgIpc) is 3.06. The average molecular weight is 380 g/mol. The summed E-state index contributed by atoms with van der Waals surface area (Å²) < 4.78 is 13.0. The molecular formula is C16H15NO3SSe. The summed E-state index contributed by atoms with van der Waals surface area (Å²) in [5.41, 5.74) is 0.691. The number of carbonyl (C=O) groups excluding carboxylic acids is 1. The van der Waals surface area contributed by atoms with E-state index < -0.39 is 0 Å². The van der Waals surface area contributed by atoms with Gasteiger partial charge in [0.2, 0.25) is 0 Å². The number of hydrogen-bond donors (Lipinski definition) is 0. The molecule has 0 radical (unpaired) electrons. The Hall–Kier alpha value is -1.62. The van der Waals surface area contributed by atoms with Crippen molar-refractivity contribution in [1.29, 1.82) is 0 Å². The Morgan fingerprint density at radius 3 is 2.86 bits per heavy atom. The molecule has 3 aromatic rings. The molecule has 4 nitrogen and oxygen atoms in total. The van der Waals surface area contributed by atoms with Crippen molar-refractivity contribution in [3.63, 3.8) is 0 Å². The molecule has 0 aliphatic carbocycles. The fourth-order valence-electron chi connectivity index (χ4n) is 2.27. The molecule has 0 unspecified atom stereocenters. The SMILES string of the molecule is COC(=O)c1c(C)[se]c2ccc(OCc3cnc(C)s3)cc12. The van der Waals surface area contributed by atoms with E-state index in [0.717, 1.165) is 25.5 Å². The minimum atomic E-state index is -0.270. The summed E-state index contributed by atoms with van der Waals surface area (Å²) in [6, 6.07) is 5.94. The Bertz CT molecular complexity index is 837. The third-order valence-electron chi connectivity index (χ3n) is 3.28. The van der Waals surface area contributed by atoms with Gasteiger partial charge >= 0.3 is 138 Å². The molecular weight excluding hydrogens is 365 g/mol. The van der Waals surface area contributed by atoms with E-state index in [9.17, 15) is 4.79 Å². The summed E-state index contributed by atoms with van der Waals surface area (Å²) in [6.07, 6.45) is 1.83. The van der Waals surface area contributed by atoms with Crippen molar-refractivity contribution in [1.82, 2.24) is 4.98 Å². The van der Waals surface area contributed by atoms with Crippen LogP contribution in [-0.2, 0) is 11.3 Å². The van der Waals surface area contributed by atoms with Crippen molar-refractivity contribution >= 4 is 41.5 Å². The standard InChI is InChI=1S/C16H15NO3SSe/c1-9-15(16(18)19-3)13-6-11(4-5-14(13)22-9)20-8-12-7-17-10(2)21-12/h4-7H,8H2,1-3H3. The summed E-state index contributed by atoms with van der Waals surface area (Å²) in [6.45, 7) is 4.46.